The molecule has 2 unspecified atom stereocenters. The van der Waals surface area contributed by atoms with Gasteiger partial charge in [-0.05, 0) is 29.6 Å². The van der Waals surface area contributed by atoms with Crippen LogP contribution in [-0.2, 0) is 13.6 Å². The monoisotopic (exact) mass is 404 g/mol. The summed E-state index contributed by atoms with van der Waals surface area (Å²) in [7, 11) is -3.20. The molecule has 0 N–H and O–H groups in total. The van der Waals surface area contributed by atoms with Crippen molar-refractivity contribution in [3.05, 3.63) is 58.2 Å². The first-order chi connectivity index (χ1) is 9.65. The van der Waals surface area contributed by atoms with E-state index in [1.807, 2.05) is 62.4 Å². The number of rotatable bonds is 6. The molecule has 1 aliphatic rings. The van der Waals surface area contributed by atoms with Crippen molar-refractivity contribution >= 4 is 32.0 Å². The Morgan fingerprint density at radius 1 is 1.25 bits per heavy atom. The van der Waals surface area contributed by atoms with E-state index in [-0.39, 0.29) is 26.4 Å². The molecular formula is C15H18IO3P. The van der Waals surface area contributed by atoms with E-state index < -0.39 is 7.60 Å². The van der Waals surface area contributed by atoms with Crippen LogP contribution in [-0.4, -0.2) is 10.3 Å². The van der Waals surface area contributed by atoms with Crippen molar-refractivity contribution in [3.8, 4) is 0 Å². The summed E-state index contributed by atoms with van der Waals surface area (Å²) in [6.07, 6.45) is 5.78. The second kappa shape index (κ2) is 7.46. The maximum Gasteiger partial charge on any atom is 0.343 e. The third kappa shape index (κ3) is 3.98. The second-order valence-corrected chi connectivity index (χ2v) is 8.93. The molecule has 0 spiro atoms. The average molecular weight is 404 g/mol. The van der Waals surface area contributed by atoms with Crippen molar-refractivity contribution in [2.24, 2.45) is 0 Å². The van der Waals surface area contributed by atoms with E-state index in [2.05, 4.69) is 4.08 Å². The average Bonchev–Trinajstić information content (AvgIpc) is 2.48. The lowest BCUT2D eigenvalue weighted by atomic mass is 10.2. The first-order valence-corrected chi connectivity index (χ1v) is 10.4. The van der Waals surface area contributed by atoms with Gasteiger partial charge in [0, 0.05) is 0 Å². The van der Waals surface area contributed by atoms with E-state index in [9.17, 15) is 4.57 Å². The lowest BCUT2D eigenvalue weighted by Crippen LogP contribution is -2.07. The summed E-state index contributed by atoms with van der Waals surface area (Å²) >= 11 is -0.349. The molecule has 2 atom stereocenters. The molecule has 20 heavy (non-hydrogen) atoms. The molecular weight excluding hydrogens is 386 g/mol. The van der Waals surface area contributed by atoms with Gasteiger partial charge in [-0.15, -0.1) is 0 Å². The van der Waals surface area contributed by atoms with Gasteiger partial charge >= 0.3 is 7.60 Å². The predicted molar refractivity (Wildman–Crippen MR) is 92.5 cm³/mol. The molecule has 3 nitrogen and oxygen atoms in total. The smallest absolute Gasteiger partial charge is 0.308 e. The summed E-state index contributed by atoms with van der Waals surface area (Å²) in [5.41, 5.74) is 0.692. The minimum Gasteiger partial charge on any atom is -0.308 e. The van der Waals surface area contributed by atoms with Gasteiger partial charge in [-0.3, -0.25) is 9.09 Å². The van der Waals surface area contributed by atoms with Crippen molar-refractivity contribution in [2.45, 2.75) is 19.5 Å². The van der Waals surface area contributed by atoms with Gasteiger partial charge in [0.1, 0.15) is 3.69 Å². The highest BCUT2D eigenvalue weighted by Crippen LogP contribution is 2.61. The van der Waals surface area contributed by atoms with Gasteiger partial charge < -0.3 is 4.52 Å². The Balaban J connectivity index is 2.25. The van der Waals surface area contributed by atoms with E-state index in [1.165, 1.54) is 0 Å². The van der Waals surface area contributed by atoms with Gasteiger partial charge in [-0.25, -0.2) is 0 Å². The molecule has 0 saturated carbocycles. The Bertz CT molecular complexity index is 578. The van der Waals surface area contributed by atoms with Crippen molar-refractivity contribution in [3.63, 3.8) is 0 Å². The van der Waals surface area contributed by atoms with Crippen LogP contribution >= 0.6 is 28.3 Å². The molecule has 1 aromatic rings. The number of allylic oxidation sites excluding steroid dienone is 2. The van der Waals surface area contributed by atoms with E-state index in [0.29, 0.717) is 6.61 Å². The van der Waals surface area contributed by atoms with Crippen molar-refractivity contribution in [1.29, 1.82) is 0 Å². The Hall–Kier alpha value is -0.550. The molecule has 1 heterocycles. The number of halogens is 1. The van der Waals surface area contributed by atoms with E-state index in [1.54, 1.807) is 0 Å². The highest BCUT2D eigenvalue weighted by atomic mass is 127. The molecule has 5 heteroatoms. The second-order valence-electron chi connectivity index (χ2n) is 4.23. The highest BCUT2D eigenvalue weighted by Gasteiger charge is 2.34. The van der Waals surface area contributed by atoms with E-state index in [4.69, 9.17) is 9.05 Å². The first kappa shape index (κ1) is 15.8. The molecule has 0 aromatic heterocycles. The molecule has 0 aliphatic carbocycles. The van der Waals surface area contributed by atoms with Crippen LogP contribution in [0.1, 0.15) is 25.1 Å². The molecule has 0 saturated heterocycles. The summed E-state index contributed by atoms with van der Waals surface area (Å²) in [5.74, 6) is 0. The summed E-state index contributed by atoms with van der Waals surface area (Å²) < 4.78 is 27.3. The summed E-state index contributed by atoms with van der Waals surface area (Å²) in [6, 6.07) is 9.72. The fraction of sp³-hybridized carbons (Fsp3) is 0.267. The van der Waals surface area contributed by atoms with Gasteiger partial charge in [-0.1, -0.05) is 63.2 Å². The van der Waals surface area contributed by atoms with Gasteiger partial charge in [-0.2, -0.15) is 0 Å². The van der Waals surface area contributed by atoms with Gasteiger partial charge in [0.2, 0.25) is 0 Å². The van der Waals surface area contributed by atoms with Crippen LogP contribution in [0.4, 0.5) is 0 Å². The Morgan fingerprint density at radius 2 is 2.00 bits per heavy atom. The largest absolute Gasteiger partial charge is 0.343 e. The molecule has 1 aromatic carbocycles. The summed E-state index contributed by atoms with van der Waals surface area (Å²) in [4.78, 5) is 0. The molecule has 108 valence electrons. The maximum absolute atomic E-state index is 13.1. The zero-order chi connectivity index (χ0) is 14.4. The SMILES string of the molecule is CCOP(=O)(OC1=IC=CC=C1)C(C)c1ccccc1. The zero-order valence-electron chi connectivity index (χ0n) is 11.5. The lowest BCUT2D eigenvalue weighted by Gasteiger charge is -2.24. The normalized spacial score (nSPS) is 18.8. The van der Waals surface area contributed by atoms with Crippen LogP contribution in [0.5, 0.6) is 0 Å². The van der Waals surface area contributed by atoms with Crippen LogP contribution in [0.3, 0.4) is 0 Å². The predicted octanol–water partition coefficient (Wildman–Crippen LogP) is 5.18. The molecule has 1 aliphatic heterocycles. The van der Waals surface area contributed by atoms with Crippen molar-refractivity contribution < 1.29 is 13.6 Å². The lowest BCUT2D eigenvalue weighted by molar-refractivity contribution is 0.271. The van der Waals surface area contributed by atoms with E-state index >= 15 is 0 Å². The fourth-order valence-corrected chi connectivity index (χ4v) is 5.85. The van der Waals surface area contributed by atoms with Crippen LogP contribution < -0.4 is 0 Å². The number of hydrogen-bond donors (Lipinski definition) is 0. The van der Waals surface area contributed by atoms with Crippen LogP contribution in [0.25, 0.3) is 0 Å². The minimum absolute atomic E-state index is 0.278. The van der Waals surface area contributed by atoms with E-state index in [0.717, 1.165) is 9.26 Å². The van der Waals surface area contributed by atoms with Crippen LogP contribution in [0.2, 0.25) is 0 Å². The number of benzene rings is 1. The number of hydrogen-bond acceptors (Lipinski definition) is 3. The molecule has 0 bridgehead atoms. The maximum atomic E-state index is 13.1. The standard InChI is InChI=1S/C15H18IO3P/c1-3-18-20(17,19-15-11-7-8-12-16-15)13(2)14-9-5-4-6-10-14/h4-13H,3H2,1-2H3. The topological polar surface area (TPSA) is 35.5 Å². The third-order valence-electron chi connectivity index (χ3n) is 2.86. The van der Waals surface area contributed by atoms with Crippen LogP contribution in [0, 0.1) is 0 Å². The summed E-state index contributed by atoms with van der Waals surface area (Å²) in [5, 5.41) is 0. The Kier molecular flexibility index (Phi) is 5.90. The van der Waals surface area contributed by atoms with Gasteiger partial charge in [0.25, 0.3) is 0 Å². The van der Waals surface area contributed by atoms with Gasteiger partial charge in [0.05, 0.1) is 12.3 Å². The molecule has 0 radical (unpaired) electrons. The third-order valence-corrected chi connectivity index (χ3v) is 7.49. The van der Waals surface area contributed by atoms with Crippen LogP contribution in [0.15, 0.2) is 52.6 Å². The van der Waals surface area contributed by atoms with Crippen molar-refractivity contribution in [1.82, 2.24) is 0 Å². The van der Waals surface area contributed by atoms with Crippen molar-refractivity contribution in [2.75, 3.05) is 6.61 Å². The minimum atomic E-state index is -3.20. The molecule has 0 fully saturated rings. The summed E-state index contributed by atoms with van der Waals surface area (Å²) in [6.45, 7) is 4.11. The first-order valence-electron chi connectivity index (χ1n) is 6.48. The molecule has 2 rings (SSSR count). The zero-order valence-corrected chi connectivity index (χ0v) is 14.6. The van der Waals surface area contributed by atoms with Gasteiger partial charge in [0.15, 0.2) is 0 Å². The Morgan fingerprint density at radius 3 is 2.60 bits per heavy atom. The highest BCUT2D eigenvalue weighted by molar-refractivity contribution is 14.2. The quantitative estimate of drug-likeness (QED) is 0.484. The molecule has 0 amide bonds. The Labute approximate surface area is 130 Å². The fourth-order valence-electron chi connectivity index (χ4n) is 1.79.